The predicted molar refractivity (Wildman–Crippen MR) is 123 cm³/mol. The van der Waals surface area contributed by atoms with Crippen molar-refractivity contribution in [3.05, 3.63) is 47.0 Å². The number of hydrogen-bond donors (Lipinski definition) is 0. The number of carbonyl (C=O) groups is 1. The Hall–Kier alpha value is -2.20. The highest BCUT2D eigenvalue weighted by molar-refractivity contribution is 7.90. The van der Waals surface area contributed by atoms with Crippen molar-refractivity contribution in [2.75, 3.05) is 57.4 Å². The first kappa shape index (κ1) is 23.0. The predicted octanol–water partition coefficient (Wildman–Crippen LogP) is 2.50. The summed E-state index contributed by atoms with van der Waals surface area (Å²) in [7, 11) is -3.76. The first-order valence-corrected chi connectivity index (χ1v) is 12.0. The second-order valence-electron chi connectivity index (χ2n) is 7.66. The molecule has 0 radical (unpaired) electrons. The molecule has 1 fully saturated rings. The van der Waals surface area contributed by atoms with Crippen LogP contribution in [0.4, 0.5) is 5.69 Å². The first-order valence-electron chi connectivity index (χ1n) is 10.2. The molecule has 11 heteroatoms. The first-order chi connectivity index (χ1) is 14.9. The van der Waals surface area contributed by atoms with Crippen LogP contribution < -0.4 is 14.4 Å². The van der Waals surface area contributed by atoms with Gasteiger partial charge in [-0.3, -0.25) is 9.69 Å². The SMILES string of the molecule is Cl.O=C1c2ccccc2S(=O)(=O)N1CCN1CCN(c2cc(Cl)cc3c2OCCO3)CC1. The van der Waals surface area contributed by atoms with Crippen molar-refractivity contribution in [1.82, 2.24) is 9.21 Å². The van der Waals surface area contributed by atoms with Gasteiger partial charge >= 0.3 is 0 Å². The molecule has 5 rings (SSSR count). The second-order valence-corrected chi connectivity index (χ2v) is 9.92. The van der Waals surface area contributed by atoms with Crippen LogP contribution in [0.15, 0.2) is 41.3 Å². The van der Waals surface area contributed by atoms with Gasteiger partial charge in [-0.05, 0) is 18.2 Å². The maximum Gasteiger partial charge on any atom is 0.269 e. The van der Waals surface area contributed by atoms with Crippen LogP contribution in [0.3, 0.4) is 0 Å². The van der Waals surface area contributed by atoms with Gasteiger partial charge in [0.2, 0.25) is 0 Å². The second kappa shape index (κ2) is 8.97. The number of anilines is 1. The molecule has 0 atom stereocenters. The van der Waals surface area contributed by atoms with Crippen molar-refractivity contribution >= 4 is 45.6 Å². The monoisotopic (exact) mass is 499 g/mol. The van der Waals surface area contributed by atoms with Gasteiger partial charge in [-0.25, -0.2) is 12.7 Å². The van der Waals surface area contributed by atoms with Crippen LogP contribution in [0.25, 0.3) is 0 Å². The Balaban J connectivity index is 0.00000245. The van der Waals surface area contributed by atoms with Gasteiger partial charge in [-0.15, -0.1) is 12.4 Å². The number of hydrogen-bond acceptors (Lipinski definition) is 7. The molecule has 32 heavy (non-hydrogen) atoms. The maximum atomic E-state index is 12.7. The van der Waals surface area contributed by atoms with E-state index in [1.165, 1.54) is 6.07 Å². The third-order valence-electron chi connectivity index (χ3n) is 5.83. The minimum atomic E-state index is -3.76. The summed E-state index contributed by atoms with van der Waals surface area (Å²) < 4.78 is 37.9. The number of halogens is 2. The normalized spacial score (nSPS) is 19.5. The molecule has 3 aliphatic rings. The summed E-state index contributed by atoms with van der Waals surface area (Å²) in [5, 5.41) is 0.596. The molecule has 0 saturated carbocycles. The topological polar surface area (TPSA) is 79.4 Å². The average Bonchev–Trinajstić information content (AvgIpc) is 2.97. The molecule has 0 bridgehead atoms. The van der Waals surface area contributed by atoms with E-state index in [0.29, 0.717) is 30.5 Å². The van der Waals surface area contributed by atoms with Crippen LogP contribution in [0, 0.1) is 0 Å². The van der Waals surface area contributed by atoms with Crippen LogP contribution in [-0.4, -0.2) is 76.0 Å². The molecule has 172 valence electrons. The van der Waals surface area contributed by atoms with E-state index in [-0.39, 0.29) is 29.4 Å². The van der Waals surface area contributed by atoms with Crippen molar-refractivity contribution in [1.29, 1.82) is 0 Å². The summed E-state index contributed by atoms with van der Waals surface area (Å²) in [5.74, 6) is 0.932. The minimum Gasteiger partial charge on any atom is -0.486 e. The standard InChI is InChI=1S/C21H22ClN3O5S.ClH/c22-15-13-17(20-18(14-15)29-11-12-30-20)24-8-5-23(6-9-24)7-10-25-21(26)16-3-1-2-4-19(16)31(25,27)28;/h1-4,13-14H,5-12H2;1H. The molecule has 3 aliphatic heterocycles. The summed E-state index contributed by atoms with van der Waals surface area (Å²) in [6.07, 6.45) is 0. The molecule has 0 N–H and O–H groups in total. The zero-order chi connectivity index (χ0) is 21.6. The van der Waals surface area contributed by atoms with Crippen LogP contribution in [0.1, 0.15) is 10.4 Å². The number of benzene rings is 2. The molecule has 3 heterocycles. The van der Waals surface area contributed by atoms with Gasteiger partial charge in [0.25, 0.3) is 15.9 Å². The van der Waals surface area contributed by atoms with Gasteiger partial charge in [0.05, 0.1) is 17.8 Å². The van der Waals surface area contributed by atoms with E-state index in [0.717, 1.165) is 41.9 Å². The number of piperazine rings is 1. The molecule has 0 unspecified atom stereocenters. The summed E-state index contributed by atoms with van der Waals surface area (Å²) in [4.78, 5) is 17.0. The summed E-state index contributed by atoms with van der Waals surface area (Å²) in [6, 6.07) is 10.0. The van der Waals surface area contributed by atoms with Crippen molar-refractivity contribution in [2.24, 2.45) is 0 Å². The Labute approximate surface area is 198 Å². The largest absolute Gasteiger partial charge is 0.486 e. The van der Waals surface area contributed by atoms with Crippen molar-refractivity contribution < 1.29 is 22.7 Å². The summed E-state index contributed by atoms with van der Waals surface area (Å²) >= 11 is 6.26. The van der Waals surface area contributed by atoms with E-state index < -0.39 is 15.9 Å². The zero-order valence-corrected chi connectivity index (χ0v) is 19.6. The highest BCUT2D eigenvalue weighted by Gasteiger charge is 2.40. The highest BCUT2D eigenvalue weighted by atomic mass is 35.5. The van der Waals surface area contributed by atoms with Gasteiger partial charge in [-0.1, -0.05) is 23.7 Å². The Morgan fingerprint density at radius 1 is 0.969 bits per heavy atom. The molecule has 0 spiro atoms. The Morgan fingerprint density at radius 3 is 2.44 bits per heavy atom. The van der Waals surface area contributed by atoms with Gasteiger partial charge in [-0.2, -0.15) is 0 Å². The van der Waals surface area contributed by atoms with Crippen LogP contribution in [-0.2, 0) is 10.0 Å². The fraction of sp³-hybridized carbons (Fsp3) is 0.381. The molecule has 0 aromatic heterocycles. The fourth-order valence-electron chi connectivity index (χ4n) is 4.23. The van der Waals surface area contributed by atoms with Crippen LogP contribution in [0.5, 0.6) is 11.5 Å². The number of amides is 1. The van der Waals surface area contributed by atoms with E-state index in [1.807, 2.05) is 6.07 Å². The molecule has 2 aromatic rings. The quantitative estimate of drug-likeness (QED) is 0.639. The number of nitrogens with zero attached hydrogens (tertiary/aromatic N) is 3. The van der Waals surface area contributed by atoms with Crippen LogP contribution in [0.2, 0.25) is 5.02 Å². The number of rotatable bonds is 4. The number of carbonyl (C=O) groups excluding carboxylic acids is 1. The van der Waals surface area contributed by atoms with Crippen molar-refractivity contribution in [2.45, 2.75) is 4.90 Å². The lowest BCUT2D eigenvalue weighted by atomic mass is 10.2. The molecule has 1 saturated heterocycles. The lowest BCUT2D eigenvalue weighted by Gasteiger charge is -2.37. The van der Waals surface area contributed by atoms with E-state index in [9.17, 15) is 13.2 Å². The summed E-state index contributed by atoms with van der Waals surface area (Å²) in [5.41, 5.74) is 1.16. The maximum absolute atomic E-state index is 12.7. The average molecular weight is 500 g/mol. The third kappa shape index (κ3) is 3.98. The molecule has 2 aromatic carbocycles. The smallest absolute Gasteiger partial charge is 0.269 e. The van der Waals surface area contributed by atoms with Gasteiger partial charge in [0.1, 0.15) is 18.1 Å². The number of sulfonamides is 1. The van der Waals surface area contributed by atoms with Crippen LogP contribution >= 0.6 is 24.0 Å². The zero-order valence-electron chi connectivity index (χ0n) is 17.2. The number of fused-ring (bicyclic) bond motifs is 2. The highest BCUT2D eigenvalue weighted by Crippen LogP contribution is 2.42. The fourth-order valence-corrected chi connectivity index (χ4v) is 6.00. The molecular formula is C21H23Cl2N3O5S. The van der Waals surface area contributed by atoms with E-state index in [1.54, 1.807) is 24.3 Å². The summed E-state index contributed by atoms with van der Waals surface area (Å²) in [6.45, 7) is 4.56. The third-order valence-corrected chi connectivity index (χ3v) is 7.89. The molecular weight excluding hydrogens is 477 g/mol. The molecule has 1 amide bonds. The molecule has 0 aliphatic carbocycles. The van der Waals surface area contributed by atoms with Gasteiger partial charge in [0.15, 0.2) is 11.5 Å². The Kier molecular flexibility index (Phi) is 6.44. The Bertz CT molecular complexity index is 1140. The number of ether oxygens (including phenoxy) is 2. The van der Waals surface area contributed by atoms with Crippen molar-refractivity contribution in [3.63, 3.8) is 0 Å². The lowest BCUT2D eigenvalue weighted by Crippen LogP contribution is -2.49. The Morgan fingerprint density at radius 2 is 1.69 bits per heavy atom. The van der Waals surface area contributed by atoms with E-state index in [4.69, 9.17) is 21.1 Å². The van der Waals surface area contributed by atoms with Gasteiger partial charge in [0, 0.05) is 43.8 Å². The van der Waals surface area contributed by atoms with E-state index in [2.05, 4.69) is 9.80 Å². The van der Waals surface area contributed by atoms with Crippen molar-refractivity contribution in [3.8, 4) is 11.5 Å². The van der Waals surface area contributed by atoms with E-state index >= 15 is 0 Å². The minimum absolute atomic E-state index is 0. The molecule has 8 nitrogen and oxygen atoms in total. The van der Waals surface area contributed by atoms with Gasteiger partial charge < -0.3 is 14.4 Å². The lowest BCUT2D eigenvalue weighted by molar-refractivity contribution is 0.0858.